The first-order chi connectivity index (χ1) is 34.2. The summed E-state index contributed by atoms with van der Waals surface area (Å²) in [5.41, 5.74) is 2.77. The summed E-state index contributed by atoms with van der Waals surface area (Å²) in [6, 6.07) is 9.69. The van der Waals surface area contributed by atoms with Crippen LogP contribution in [0.2, 0.25) is 0 Å². The van der Waals surface area contributed by atoms with Gasteiger partial charge in [0.15, 0.2) is 0 Å². The van der Waals surface area contributed by atoms with E-state index < -0.39 is 36.2 Å². The Morgan fingerprint density at radius 3 is 2.31 bits per heavy atom. The van der Waals surface area contributed by atoms with Crippen LogP contribution in [0.3, 0.4) is 0 Å². The Bertz CT molecular complexity index is 2020. The highest BCUT2D eigenvalue weighted by Gasteiger charge is 2.65. The Morgan fingerprint density at radius 2 is 1.63 bits per heavy atom. The molecule has 2 aliphatic carbocycles. The number of benzene rings is 2. The maximum absolute atomic E-state index is 14.3. The molecule has 2 fully saturated rings. The lowest BCUT2D eigenvalue weighted by Crippen LogP contribution is -2.69. The normalized spacial score (nSPS) is 24.0. The van der Waals surface area contributed by atoms with Crippen molar-refractivity contribution in [2.45, 2.75) is 159 Å². The minimum absolute atomic E-state index is 0.0105. The maximum Gasteiger partial charge on any atom is 0.417 e. The van der Waals surface area contributed by atoms with Crippen LogP contribution >= 0.6 is 0 Å². The van der Waals surface area contributed by atoms with E-state index in [1.54, 1.807) is 55.5 Å². The lowest BCUT2D eigenvalue weighted by atomic mass is 9.55. The molecule has 6 rings (SSSR count). The third-order valence-electron chi connectivity index (χ3n) is 14.4. The molecule has 2 aliphatic heterocycles. The van der Waals surface area contributed by atoms with E-state index in [0.717, 1.165) is 68.9 Å². The van der Waals surface area contributed by atoms with Crippen molar-refractivity contribution in [2.75, 3.05) is 59.6 Å². The molecule has 388 valence electrons. The Labute approximate surface area is 416 Å². The summed E-state index contributed by atoms with van der Waals surface area (Å²) in [4.78, 5) is 35.8. The fourth-order valence-electron chi connectivity index (χ4n) is 10.8. The lowest BCUT2D eigenvalue weighted by Gasteiger charge is -2.59. The number of fused-ring (bicyclic) bond motifs is 2. The zero-order valence-corrected chi connectivity index (χ0v) is 42.3. The molecule has 0 spiro atoms. The number of carbonyl (C=O) groups is 2. The zero-order valence-electron chi connectivity index (χ0n) is 42.3. The number of anilines is 1. The van der Waals surface area contributed by atoms with E-state index in [4.69, 9.17) is 43.2 Å². The second-order valence-corrected chi connectivity index (χ2v) is 19.2. The summed E-state index contributed by atoms with van der Waals surface area (Å²) in [7, 11) is 4.80. The molecule has 7 atom stereocenters. The fraction of sp³-hybridized carbons (Fsp3) is 0.655. The van der Waals surface area contributed by atoms with Gasteiger partial charge < -0.3 is 53.1 Å². The summed E-state index contributed by atoms with van der Waals surface area (Å²) in [6.07, 6.45) is 21.1. The largest absolute Gasteiger partial charge is 0.497 e. The number of aliphatic hydroxyl groups is 2. The highest BCUT2D eigenvalue weighted by atomic mass is 16.8. The van der Waals surface area contributed by atoms with E-state index >= 15 is 0 Å². The van der Waals surface area contributed by atoms with Crippen LogP contribution in [-0.2, 0) is 19.0 Å². The standard InChI is InChI=1S/C55H81N3O12/c1-6-8-9-10-11-12-13-14-15-21-34-66-54(62)58(3)49-38-46(57-70-50-25-18-22-33-65-50)43-35-39(23-16-19-30-59)42(24-17-20-31-60)51-44-36-41(27-29-47(44)69-55(49,52(43)51)67-32-7-2)68-53(61)56-45-28-26-40(63-4)37-48(45)64-5/h7,26-29,35-37,39,42,49-52,59-60H,2,6,8-25,30-34,38H2,1,3-5H3,(H,56,61)/t39-,42+,49-,50?,51+,52+,55+/m0/s1. The Balaban J connectivity index is 1.38. The second-order valence-electron chi connectivity index (χ2n) is 19.2. The molecule has 15 heteroatoms. The first kappa shape index (κ1) is 54.5. The number of hydrogen-bond donors (Lipinski definition) is 3. The van der Waals surface area contributed by atoms with Crippen LogP contribution < -0.4 is 24.3 Å². The number of nitrogens with one attached hydrogen (secondary N) is 1. The van der Waals surface area contributed by atoms with Gasteiger partial charge in [0.1, 0.15) is 29.0 Å². The third kappa shape index (κ3) is 14.2. The highest BCUT2D eigenvalue weighted by molar-refractivity contribution is 6.03. The number of amides is 2. The summed E-state index contributed by atoms with van der Waals surface area (Å²) < 4.78 is 43.2. The molecule has 15 nitrogen and oxygen atoms in total. The van der Waals surface area contributed by atoms with E-state index in [1.165, 1.54) is 52.1 Å². The number of oxime groups is 1. The minimum atomic E-state index is -1.46. The van der Waals surface area contributed by atoms with E-state index in [9.17, 15) is 19.8 Å². The van der Waals surface area contributed by atoms with E-state index in [1.807, 2.05) is 6.07 Å². The van der Waals surface area contributed by atoms with Crippen molar-refractivity contribution >= 4 is 23.6 Å². The average molecular weight is 976 g/mol. The van der Waals surface area contributed by atoms with Crippen molar-refractivity contribution in [2.24, 2.45) is 22.9 Å². The summed E-state index contributed by atoms with van der Waals surface area (Å²) in [5.74, 6) is -0.556. The number of methoxy groups -OCH3 is 2. The molecule has 0 aromatic heterocycles. The molecule has 1 unspecified atom stereocenters. The number of likely N-dealkylation sites (N-methyl/N-ethyl adjacent to an activating group) is 1. The summed E-state index contributed by atoms with van der Waals surface area (Å²) in [6.45, 7) is 7.40. The van der Waals surface area contributed by atoms with Gasteiger partial charge in [-0.2, -0.15) is 0 Å². The number of hydrogen-bond acceptors (Lipinski definition) is 13. The average Bonchev–Trinajstić information content (AvgIpc) is 3.37. The molecular weight excluding hydrogens is 895 g/mol. The maximum atomic E-state index is 14.3. The van der Waals surface area contributed by atoms with Crippen LogP contribution in [0.4, 0.5) is 15.3 Å². The third-order valence-corrected chi connectivity index (χ3v) is 14.4. The second kappa shape index (κ2) is 28.3. The molecule has 2 amide bonds. The summed E-state index contributed by atoms with van der Waals surface area (Å²) in [5, 5.41) is 27.7. The molecule has 0 bridgehead atoms. The van der Waals surface area contributed by atoms with Crippen LogP contribution in [-0.4, -0.2) is 105 Å². The number of allylic oxidation sites excluding steroid dienone is 1. The number of aliphatic hydroxyl groups excluding tert-OH is 2. The van der Waals surface area contributed by atoms with Crippen LogP contribution in [0.25, 0.3) is 0 Å². The fourth-order valence-corrected chi connectivity index (χ4v) is 10.8. The Hall–Kier alpha value is -4.83. The molecule has 2 heterocycles. The number of carbonyl (C=O) groups excluding carboxylic acids is 2. The van der Waals surface area contributed by atoms with Crippen molar-refractivity contribution < 1.29 is 57.8 Å². The van der Waals surface area contributed by atoms with Gasteiger partial charge in [-0.15, -0.1) is 6.58 Å². The van der Waals surface area contributed by atoms with Gasteiger partial charge in [-0.3, -0.25) is 5.32 Å². The smallest absolute Gasteiger partial charge is 0.417 e. The van der Waals surface area contributed by atoms with Crippen molar-refractivity contribution in [3.05, 3.63) is 66.3 Å². The van der Waals surface area contributed by atoms with Crippen LogP contribution in [0, 0.1) is 17.8 Å². The number of nitrogens with zero attached hydrogens (tertiary/aromatic N) is 2. The molecule has 1 saturated heterocycles. The van der Waals surface area contributed by atoms with Crippen molar-refractivity contribution in [1.82, 2.24) is 4.90 Å². The number of unbranched alkanes of at least 4 members (excludes halogenated alkanes) is 11. The van der Waals surface area contributed by atoms with Gasteiger partial charge in [0.05, 0.1) is 51.4 Å². The summed E-state index contributed by atoms with van der Waals surface area (Å²) >= 11 is 0. The first-order valence-electron chi connectivity index (χ1n) is 26.2. The molecule has 3 N–H and O–H groups in total. The Kier molecular flexibility index (Phi) is 22.0. The minimum Gasteiger partial charge on any atom is -0.497 e. The SMILES string of the molecule is C=CCO[C@@]12Oc3ccc(OC(=O)Nc4ccc(OC)cc4OC)cc3[C@H]3[C@H](CCCCO)[C@@H](CCCCO)C=C(C(=NOC4CCCCO4)C[C@@H]1N(C)C(=O)OCCCCCCCCCCCC)[C@H]32. The Morgan fingerprint density at radius 1 is 0.900 bits per heavy atom. The van der Waals surface area contributed by atoms with Gasteiger partial charge in [0.25, 0.3) is 0 Å². The van der Waals surface area contributed by atoms with Gasteiger partial charge in [0.2, 0.25) is 12.1 Å². The molecule has 2 aromatic rings. The number of rotatable bonds is 29. The molecule has 2 aromatic carbocycles. The van der Waals surface area contributed by atoms with Gasteiger partial charge in [-0.05, 0) is 92.7 Å². The van der Waals surface area contributed by atoms with Crippen molar-refractivity contribution in [1.29, 1.82) is 0 Å². The lowest BCUT2D eigenvalue weighted by molar-refractivity contribution is -0.254. The van der Waals surface area contributed by atoms with Gasteiger partial charge in [-0.25, -0.2) is 9.59 Å². The van der Waals surface area contributed by atoms with E-state index in [-0.39, 0.29) is 44.0 Å². The molecule has 70 heavy (non-hydrogen) atoms. The molecule has 0 radical (unpaired) electrons. The zero-order chi connectivity index (χ0) is 49.7. The molecule has 4 aliphatic rings. The van der Waals surface area contributed by atoms with Crippen LogP contribution in [0.1, 0.15) is 147 Å². The highest BCUT2D eigenvalue weighted by Crippen LogP contribution is 2.62. The predicted octanol–water partition coefficient (Wildman–Crippen LogP) is 11.5. The molecular formula is C55H81N3O12. The topological polar surface area (TPSA) is 176 Å². The molecule has 1 saturated carbocycles. The van der Waals surface area contributed by atoms with Gasteiger partial charge in [0, 0.05) is 50.7 Å². The number of ether oxygens (including phenoxy) is 7. The first-order valence-corrected chi connectivity index (χ1v) is 26.2. The van der Waals surface area contributed by atoms with Gasteiger partial charge >= 0.3 is 12.2 Å². The predicted molar refractivity (Wildman–Crippen MR) is 270 cm³/mol. The quantitative estimate of drug-likeness (QED) is 0.0400. The van der Waals surface area contributed by atoms with Crippen molar-refractivity contribution in [3.8, 4) is 23.0 Å². The van der Waals surface area contributed by atoms with Crippen molar-refractivity contribution in [3.63, 3.8) is 0 Å². The van der Waals surface area contributed by atoms with Crippen LogP contribution in [0.5, 0.6) is 23.0 Å². The van der Waals surface area contributed by atoms with E-state index in [0.29, 0.717) is 66.9 Å². The monoisotopic (exact) mass is 976 g/mol. The van der Waals surface area contributed by atoms with Crippen LogP contribution in [0.15, 0.2) is 65.9 Å². The van der Waals surface area contributed by atoms with E-state index in [2.05, 4.69) is 24.9 Å². The van der Waals surface area contributed by atoms with Gasteiger partial charge in [-0.1, -0.05) is 94.9 Å².